The highest BCUT2D eigenvalue weighted by Crippen LogP contribution is 2.24. The SMILES string of the molecule is CCC[N+](C)(C)CC1(C)C[N+](C)(N)CCN1C. The largest absolute Gasteiger partial charge is 0.327 e. The van der Waals surface area contributed by atoms with Gasteiger partial charge in [0.15, 0.2) is 0 Å². The van der Waals surface area contributed by atoms with E-state index in [1.165, 1.54) is 19.5 Å². The summed E-state index contributed by atoms with van der Waals surface area (Å²) in [6.07, 6.45) is 1.24. The van der Waals surface area contributed by atoms with Crippen LogP contribution in [0.1, 0.15) is 20.3 Å². The quantitative estimate of drug-likeness (QED) is 0.576. The molecule has 4 heteroatoms. The number of rotatable bonds is 4. The van der Waals surface area contributed by atoms with Crippen molar-refractivity contribution < 1.29 is 9.08 Å². The fourth-order valence-corrected chi connectivity index (χ4v) is 3.40. The Bertz CT molecular complexity index is 262. The number of likely N-dealkylation sites (N-methyl/N-ethyl adjacent to an activating group) is 3. The lowest BCUT2D eigenvalue weighted by molar-refractivity contribution is -0.943. The van der Waals surface area contributed by atoms with Gasteiger partial charge in [-0.25, -0.2) is 4.59 Å². The van der Waals surface area contributed by atoms with Gasteiger partial charge in [0.1, 0.15) is 25.2 Å². The molecule has 0 spiro atoms. The predicted molar refractivity (Wildman–Crippen MR) is 73.3 cm³/mol. The molecule has 0 bridgehead atoms. The molecule has 17 heavy (non-hydrogen) atoms. The molecule has 1 fully saturated rings. The maximum Gasteiger partial charge on any atom is 0.120 e. The molecule has 0 aromatic heterocycles. The van der Waals surface area contributed by atoms with Crippen LogP contribution < -0.4 is 5.84 Å². The maximum absolute atomic E-state index is 6.31. The monoisotopic (exact) mass is 244 g/mol. The van der Waals surface area contributed by atoms with E-state index in [1.807, 2.05) is 0 Å². The molecule has 2 unspecified atom stereocenters. The van der Waals surface area contributed by atoms with Crippen LogP contribution in [0.4, 0.5) is 0 Å². The van der Waals surface area contributed by atoms with Gasteiger partial charge in [-0.1, -0.05) is 6.92 Å². The van der Waals surface area contributed by atoms with Crippen molar-refractivity contribution in [2.24, 2.45) is 5.84 Å². The molecule has 2 N–H and O–H groups in total. The van der Waals surface area contributed by atoms with E-state index in [9.17, 15) is 0 Å². The van der Waals surface area contributed by atoms with Crippen molar-refractivity contribution in [1.29, 1.82) is 0 Å². The number of nitrogens with two attached hydrogens (primary N) is 1. The van der Waals surface area contributed by atoms with Crippen LogP contribution in [0, 0.1) is 0 Å². The van der Waals surface area contributed by atoms with Gasteiger partial charge in [0, 0.05) is 0 Å². The fourth-order valence-electron chi connectivity index (χ4n) is 3.40. The highest BCUT2D eigenvalue weighted by Gasteiger charge is 2.46. The second-order valence-electron chi connectivity index (χ2n) is 7.10. The summed E-state index contributed by atoms with van der Waals surface area (Å²) in [7, 11) is 9.05. The Kier molecular flexibility index (Phi) is 4.24. The zero-order chi connectivity index (χ0) is 13.3. The van der Waals surface area contributed by atoms with E-state index in [-0.39, 0.29) is 5.54 Å². The molecule has 0 radical (unpaired) electrons. The second kappa shape index (κ2) is 4.84. The van der Waals surface area contributed by atoms with E-state index >= 15 is 0 Å². The third kappa shape index (κ3) is 3.91. The Morgan fingerprint density at radius 1 is 1.41 bits per heavy atom. The number of quaternary nitrogens is 2. The molecule has 0 aromatic carbocycles. The smallest absolute Gasteiger partial charge is 0.120 e. The van der Waals surface area contributed by atoms with Crippen molar-refractivity contribution in [2.75, 3.05) is 60.9 Å². The number of piperazine rings is 1. The van der Waals surface area contributed by atoms with Crippen molar-refractivity contribution in [1.82, 2.24) is 4.90 Å². The first-order valence-electron chi connectivity index (χ1n) is 6.77. The van der Waals surface area contributed by atoms with E-state index in [2.05, 4.69) is 46.9 Å². The highest BCUT2D eigenvalue weighted by molar-refractivity contribution is 4.87. The molecule has 1 heterocycles. The Balaban J connectivity index is 2.77. The molecular weight excluding hydrogens is 212 g/mol. The fraction of sp³-hybridized carbons (Fsp3) is 1.00. The molecule has 1 rings (SSSR count). The average molecular weight is 244 g/mol. The number of nitrogens with zero attached hydrogens (tertiary/aromatic N) is 3. The second-order valence-corrected chi connectivity index (χ2v) is 7.10. The van der Waals surface area contributed by atoms with Crippen molar-refractivity contribution in [3.05, 3.63) is 0 Å². The summed E-state index contributed by atoms with van der Waals surface area (Å²) in [4.78, 5) is 2.50. The van der Waals surface area contributed by atoms with Crippen molar-refractivity contribution in [3.8, 4) is 0 Å². The van der Waals surface area contributed by atoms with Gasteiger partial charge >= 0.3 is 0 Å². The highest BCUT2D eigenvalue weighted by atomic mass is 15.6. The van der Waals surface area contributed by atoms with Crippen LogP contribution in [-0.2, 0) is 0 Å². The van der Waals surface area contributed by atoms with Crippen molar-refractivity contribution >= 4 is 0 Å². The normalized spacial score (nSPS) is 36.2. The molecule has 1 aliphatic rings. The first-order chi connectivity index (χ1) is 7.60. The van der Waals surface area contributed by atoms with Crippen LogP contribution in [0.5, 0.6) is 0 Å². The first-order valence-corrected chi connectivity index (χ1v) is 6.77. The summed E-state index contributed by atoms with van der Waals surface area (Å²) in [5.41, 5.74) is 0.209. The summed E-state index contributed by atoms with van der Waals surface area (Å²) < 4.78 is 1.74. The standard InChI is InChI=1S/C13H32N4/c1-7-9-16(4,5)11-13(2)12-17(6,14)10-8-15(13)3/h7-12,14H2,1-6H3/q+2. The molecule has 0 aliphatic carbocycles. The zero-order valence-electron chi connectivity index (χ0n) is 12.7. The van der Waals surface area contributed by atoms with Crippen LogP contribution in [0.2, 0.25) is 0 Å². The lowest BCUT2D eigenvalue weighted by Crippen LogP contribution is -2.73. The number of hydrogen-bond donors (Lipinski definition) is 1. The third-order valence-corrected chi connectivity index (χ3v) is 4.17. The zero-order valence-corrected chi connectivity index (χ0v) is 12.7. The molecule has 2 atom stereocenters. The summed E-state index contributed by atoms with van der Waals surface area (Å²) in [5, 5.41) is 0. The van der Waals surface area contributed by atoms with Crippen LogP contribution in [-0.4, -0.2) is 80.4 Å². The van der Waals surface area contributed by atoms with Crippen molar-refractivity contribution in [3.63, 3.8) is 0 Å². The van der Waals surface area contributed by atoms with Gasteiger partial charge in [-0.2, -0.15) is 5.84 Å². The molecule has 4 nitrogen and oxygen atoms in total. The van der Waals surface area contributed by atoms with Gasteiger partial charge in [0.2, 0.25) is 0 Å². The lowest BCUT2D eigenvalue weighted by Gasteiger charge is -2.50. The van der Waals surface area contributed by atoms with E-state index in [0.29, 0.717) is 4.59 Å². The van der Waals surface area contributed by atoms with E-state index in [4.69, 9.17) is 5.84 Å². The van der Waals surface area contributed by atoms with Crippen LogP contribution in [0.3, 0.4) is 0 Å². The Labute approximate surface area is 107 Å². The molecule has 0 saturated carbocycles. The van der Waals surface area contributed by atoms with Gasteiger partial charge < -0.3 is 4.48 Å². The summed E-state index contributed by atoms with van der Waals surface area (Å²) >= 11 is 0. The van der Waals surface area contributed by atoms with E-state index in [0.717, 1.165) is 24.1 Å². The van der Waals surface area contributed by atoms with Crippen molar-refractivity contribution in [2.45, 2.75) is 25.8 Å². The van der Waals surface area contributed by atoms with Gasteiger partial charge in [-0.3, -0.25) is 4.90 Å². The molecule has 0 aromatic rings. The summed E-state index contributed by atoms with van der Waals surface area (Å²) in [5.74, 6) is 6.31. The van der Waals surface area contributed by atoms with E-state index in [1.54, 1.807) is 0 Å². The van der Waals surface area contributed by atoms with Gasteiger partial charge in [-0.05, 0) is 20.4 Å². The third-order valence-electron chi connectivity index (χ3n) is 4.17. The topological polar surface area (TPSA) is 29.3 Å². The molecule has 0 amide bonds. The molecular formula is C13H32N4+2. The summed E-state index contributed by atoms with van der Waals surface area (Å²) in [6, 6.07) is 0. The van der Waals surface area contributed by atoms with Gasteiger partial charge in [0.05, 0.1) is 34.2 Å². The van der Waals surface area contributed by atoms with Gasteiger partial charge in [-0.15, -0.1) is 0 Å². The Morgan fingerprint density at radius 3 is 2.53 bits per heavy atom. The minimum Gasteiger partial charge on any atom is -0.327 e. The Hall–Kier alpha value is -0.160. The molecule has 1 aliphatic heterocycles. The predicted octanol–water partition coefficient (Wildman–Crippen LogP) is 0.497. The van der Waals surface area contributed by atoms with Crippen LogP contribution in [0.25, 0.3) is 0 Å². The van der Waals surface area contributed by atoms with Gasteiger partial charge in [0.25, 0.3) is 0 Å². The minimum absolute atomic E-state index is 0.209. The Morgan fingerprint density at radius 2 is 2.00 bits per heavy atom. The molecule has 102 valence electrons. The summed E-state index contributed by atoms with van der Waals surface area (Å²) in [6.45, 7) is 10.2. The van der Waals surface area contributed by atoms with Crippen LogP contribution >= 0.6 is 0 Å². The lowest BCUT2D eigenvalue weighted by atomic mass is 9.94. The average Bonchev–Trinajstić information content (AvgIpc) is 2.09. The maximum atomic E-state index is 6.31. The first kappa shape index (κ1) is 14.9. The van der Waals surface area contributed by atoms with E-state index < -0.39 is 0 Å². The number of hydrogen-bond acceptors (Lipinski definition) is 2. The molecule has 1 saturated heterocycles. The van der Waals surface area contributed by atoms with Crippen LogP contribution in [0.15, 0.2) is 0 Å². The minimum atomic E-state index is 0.209.